The van der Waals surface area contributed by atoms with Gasteiger partial charge in [-0.1, -0.05) is 18.6 Å². The molecule has 0 bridgehead atoms. The topological polar surface area (TPSA) is 87.2 Å². The van der Waals surface area contributed by atoms with Crippen molar-refractivity contribution < 1.29 is 23.9 Å². The Hall–Kier alpha value is -2.90. The van der Waals surface area contributed by atoms with Gasteiger partial charge in [-0.2, -0.15) is 0 Å². The molecule has 1 aromatic carbocycles. The highest BCUT2D eigenvalue weighted by Gasteiger charge is 2.38. The number of fused-ring (bicyclic) bond motifs is 2. The van der Waals surface area contributed by atoms with E-state index < -0.39 is 0 Å². The van der Waals surface area contributed by atoms with Gasteiger partial charge >= 0.3 is 0 Å². The molecule has 0 radical (unpaired) electrons. The number of piperidine rings is 2. The second-order valence-electron chi connectivity index (χ2n) is 9.52. The summed E-state index contributed by atoms with van der Waals surface area (Å²) in [5.74, 6) is 0.106. The lowest BCUT2D eigenvalue weighted by Crippen LogP contribution is -2.57. The number of rotatable bonds is 3. The molecule has 0 unspecified atom stereocenters. The maximum absolute atomic E-state index is 13.4. The van der Waals surface area contributed by atoms with Crippen molar-refractivity contribution in [2.45, 2.75) is 76.3 Å². The number of hydrogen-bond acceptors (Lipinski definition) is 5. The summed E-state index contributed by atoms with van der Waals surface area (Å²) in [4.78, 5) is 56.0. The minimum atomic E-state index is -0.183. The number of carbonyl (C=O) groups excluding carboxylic acids is 4. The summed E-state index contributed by atoms with van der Waals surface area (Å²) in [6.45, 7) is 1.34. The first kappa shape index (κ1) is 24.2. The first-order valence-corrected chi connectivity index (χ1v) is 12.6. The van der Waals surface area contributed by atoms with Crippen LogP contribution in [0.4, 0.5) is 0 Å². The van der Waals surface area contributed by atoms with Crippen LogP contribution in [0.1, 0.15) is 74.6 Å². The van der Waals surface area contributed by atoms with Crippen molar-refractivity contribution in [3.8, 4) is 5.75 Å². The Morgan fingerprint density at radius 2 is 1.68 bits per heavy atom. The molecule has 1 aromatic rings. The largest absolute Gasteiger partial charge is 0.493 e. The summed E-state index contributed by atoms with van der Waals surface area (Å²) in [5, 5.41) is 0. The van der Waals surface area contributed by atoms with E-state index in [2.05, 4.69) is 0 Å². The van der Waals surface area contributed by atoms with Crippen molar-refractivity contribution in [2.24, 2.45) is 0 Å². The van der Waals surface area contributed by atoms with Crippen LogP contribution >= 0.6 is 0 Å². The molecule has 0 spiro atoms. The third-order valence-corrected chi connectivity index (χ3v) is 7.33. The summed E-state index contributed by atoms with van der Waals surface area (Å²) >= 11 is 0. The average Bonchev–Trinajstić information content (AvgIpc) is 2.84. The van der Waals surface area contributed by atoms with Crippen LogP contribution in [0, 0.1) is 0 Å². The fourth-order valence-electron chi connectivity index (χ4n) is 5.47. The molecule has 0 N–H and O–H groups in total. The number of amides is 4. The smallest absolute Gasteiger partial charge is 0.257 e. The molecule has 2 saturated heterocycles. The summed E-state index contributed by atoms with van der Waals surface area (Å²) in [6.07, 6.45) is 6.75. The van der Waals surface area contributed by atoms with E-state index in [0.717, 1.165) is 38.5 Å². The molecule has 0 saturated carbocycles. The van der Waals surface area contributed by atoms with Crippen LogP contribution in [0.3, 0.4) is 0 Å². The first-order chi connectivity index (χ1) is 16.5. The molecular formula is C26H35N3O5. The number of likely N-dealkylation sites (N-methyl/N-ethyl adjacent to an activating group) is 1. The zero-order valence-electron chi connectivity index (χ0n) is 20.0. The average molecular weight is 470 g/mol. The van der Waals surface area contributed by atoms with Gasteiger partial charge in [-0.25, -0.2) is 0 Å². The van der Waals surface area contributed by atoms with Gasteiger partial charge < -0.3 is 14.5 Å². The molecule has 2 atom stereocenters. The molecule has 3 aliphatic heterocycles. The van der Waals surface area contributed by atoms with Crippen molar-refractivity contribution in [3.63, 3.8) is 0 Å². The van der Waals surface area contributed by atoms with Gasteiger partial charge in [-0.3, -0.25) is 24.1 Å². The number of imide groups is 1. The first-order valence-electron chi connectivity index (χ1n) is 12.6. The summed E-state index contributed by atoms with van der Waals surface area (Å²) in [5.41, 5.74) is 0.551. The third kappa shape index (κ3) is 5.26. The van der Waals surface area contributed by atoms with Gasteiger partial charge in [-0.15, -0.1) is 0 Å². The molecular weight excluding hydrogens is 434 g/mol. The van der Waals surface area contributed by atoms with E-state index in [9.17, 15) is 19.2 Å². The van der Waals surface area contributed by atoms with Gasteiger partial charge in [0, 0.05) is 39.4 Å². The Morgan fingerprint density at radius 1 is 0.941 bits per heavy atom. The lowest BCUT2D eigenvalue weighted by Gasteiger charge is -2.45. The molecule has 3 aliphatic rings. The number of hydrogen-bond donors (Lipinski definition) is 0. The number of likely N-dealkylation sites (tertiary alicyclic amines) is 2. The van der Waals surface area contributed by atoms with E-state index in [1.807, 2.05) is 30.1 Å². The van der Waals surface area contributed by atoms with Gasteiger partial charge in [0.25, 0.3) is 5.91 Å². The van der Waals surface area contributed by atoms with E-state index >= 15 is 0 Å². The molecule has 2 fully saturated rings. The fourth-order valence-corrected chi connectivity index (χ4v) is 5.47. The summed E-state index contributed by atoms with van der Waals surface area (Å²) < 4.78 is 5.91. The van der Waals surface area contributed by atoms with Gasteiger partial charge in [0.2, 0.25) is 17.7 Å². The Bertz CT molecular complexity index is 917. The Labute approximate surface area is 201 Å². The molecule has 34 heavy (non-hydrogen) atoms. The van der Waals surface area contributed by atoms with Crippen molar-refractivity contribution >= 4 is 23.6 Å². The predicted octanol–water partition coefficient (Wildman–Crippen LogP) is 3.00. The molecule has 8 nitrogen and oxygen atoms in total. The van der Waals surface area contributed by atoms with Crippen LogP contribution in [0.5, 0.6) is 5.75 Å². The second-order valence-corrected chi connectivity index (χ2v) is 9.52. The van der Waals surface area contributed by atoms with Crippen molar-refractivity contribution in [2.75, 3.05) is 26.7 Å². The van der Waals surface area contributed by atoms with Gasteiger partial charge in [-0.05, 0) is 50.7 Å². The predicted molar refractivity (Wildman–Crippen MR) is 126 cm³/mol. The summed E-state index contributed by atoms with van der Waals surface area (Å²) in [6, 6.07) is 7.19. The normalized spacial score (nSPS) is 24.5. The molecule has 0 aliphatic carbocycles. The minimum absolute atomic E-state index is 0.0439. The maximum atomic E-state index is 13.4. The lowest BCUT2D eigenvalue weighted by atomic mass is 9.89. The fraction of sp³-hybridized carbons (Fsp3) is 0.615. The van der Waals surface area contributed by atoms with E-state index in [0.29, 0.717) is 43.7 Å². The molecule has 3 heterocycles. The maximum Gasteiger partial charge on any atom is 0.257 e. The standard InChI is InChI=1S/C26H35N3O5/c1-27-20-11-8-16-28(25(32)15-17-29-23(30)13-7-14-24(29)31)21(20)10-3-2-6-18-34-22-12-5-4-9-19(22)26(27)33/h4-5,9,12,20-21H,2-3,6-8,10-11,13-18H2,1H3/t20-,21-/m0/s1. The van der Waals surface area contributed by atoms with E-state index in [-0.39, 0.29) is 48.7 Å². The van der Waals surface area contributed by atoms with Crippen molar-refractivity contribution in [1.29, 1.82) is 0 Å². The minimum Gasteiger partial charge on any atom is -0.493 e. The van der Waals surface area contributed by atoms with Gasteiger partial charge in [0.05, 0.1) is 24.3 Å². The molecule has 4 rings (SSSR count). The highest BCUT2D eigenvalue weighted by Crippen LogP contribution is 2.30. The number of nitrogens with zero attached hydrogens (tertiary/aromatic N) is 3. The third-order valence-electron chi connectivity index (χ3n) is 7.33. The summed E-state index contributed by atoms with van der Waals surface area (Å²) in [7, 11) is 1.82. The quantitative estimate of drug-likeness (QED) is 0.635. The van der Waals surface area contributed by atoms with Crippen LogP contribution in [-0.4, -0.2) is 77.2 Å². The van der Waals surface area contributed by atoms with Crippen LogP contribution in [-0.2, 0) is 14.4 Å². The van der Waals surface area contributed by atoms with Crippen molar-refractivity contribution in [1.82, 2.24) is 14.7 Å². The molecule has 4 amide bonds. The highest BCUT2D eigenvalue weighted by atomic mass is 16.5. The van der Waals surface area contributed by atoms with Crippen LogP contribution in [0.2, 0.25) is 0 Å². The zero-order chi connectivity index (χ0) is 24.1. The van der Waals surface area contributed by atoms with Crippen LogP contribution in [0.25, 0.3) is 0 Å². The SMILES string of the molecule is CN1C(=O)c2ccccc2OCCCCC[C@H]2[C@@H]1CCCN2C(=O)CCN1C(=O)CCCC1=O. The highest BCUT2D eigenvalue weighted by molar-refractivity contribution is 5.98. The van der Waals surface area contributed by atoms with Crippen molar-refractivity contribution in [3.05, 3.63) is 29.8 Å². The Morgan fingerprint density at radius 3 is 2.47 bits per heavy atom. The van der Waals surface area contributed by atoms with E-state index in [4.69, 9.17) is 4.74 Å². The zero-order valence-corrected chi connectivity index (χ0v) is 20.0. The monoisotopic (exact) mass is 469 g/mol. The number of benzene rings is 1. The number of carbonyl (C=O) groups is 4. The van der Waals surface area contributed by atoms with Gasteiger partial charge in [0.1, 0.15) is 5.75 Å². The molecule has 184 valence electrons. The lowest BCUT2D eigenvalue weighted by molar-refractivity contribution is -0.148. The van der Waals surface area contributed by atoms with Crippen LogP contribution in [0.15, 0.2) is 24.3 Å². The van der Waals surface area contributed by atoms with E-state index in [1.165, 1.54) is 4.90 Å². The second kappa shape index (κ2) is 11.0. The number of ether oxygens (including phenoxy) is 1. The van der Waals surface area contributed by atoms with Crippen LogP contribution < -0.4 is 4.74 Å². The Kier molecular flexibility index (Phi) is 7.85. The molecule has 0 aromatic heterocycles. The van der Waals surface area contributed by atoms with E-state index in [1.54, 1.807) is 11.0 Å². The van der Waals surface area contributed by atoms with Gasteiger partial charge in [0.15, 0.2) is 0 Å². The number of para-hydroxylation sites is 1. The molecule has 8 heteroatoms. The Balaban J connectivity index is 1.51.